The lowest BCUT2D eigenvalue weighted by Gasteiger charge is -2.33. The maximum absolute atomic E-state index is 13.2. The molecule has 166 valence electrons. The Morgan fingerprint density at radius 1 is 1.22 bits per heavy atom. The van der Waals surface area contributed by atoms with E-state index in [4.69, 9.17) is 9.47 Å². The van der Waals surface area contributed by atoms with Crippen LogP contribution in [0.3, 0.4) is 0 Å². The molecule has 4 rings (SSSR count). The zero-order valence-electron chi connectivity index (χ0n) is 17.5. The monoisotopic (exact) mass is 438 g/mol. The van der Waals surface area contributed by atoms with E-state index in [9.17, 15) is 14.0 Å². The first-order valence-corrected chi connectivity index (χ1v) is 10.3. The fourth-order valence-electron chi connectivity index (χ4n) is 3.42. The minimum absolute atomic E-state index is 0.210. The molecule has 0 saturated carbocycles. The largest absolute Gasteiger partial charge is 0.461 e. The Labute approximate surface area is 184 Å². The van der Waals surface area contributed by atoms with E-state index < -0.39 is 5.97 Å². The van der Waals surface area contributed by atoms with Crippen LogP contribution in [0, 0.1) is 5.82 Å². The number of carbonyl (C=O) groups is 2. The summed E-state index contributed by atoms with van der Waals surface area (Å²) < 4.78 is 25.4. The summed E-state index contributed by atoms with van der Waals surface area (Å²) >= 11 is 0. The second kappa shape index (κ2) is 9.61. The Morgan fingerprint density at radius 2 is 2.03 bits per heavy atom. The van der Waals surface area contributed by atoms with E-state index in [-0.39, 0.29) is 30.3 Å². The molecule has 0 aliphatic carbocycles. The van der Waals surface area contributed by atoms with Crippen molar-refractivity contribution in [3.8, 4) is 5.69 Å². The number of rotatable bonds is 5. The molecule has 1 aromatic heterocycles. The third-order valence-electron chi connectivity index (χ3n) is 5.03. The standard InChI is InChI=1S/C23H23FN4O4/c1-2-31-22(29)20-10-11-28(26-20)19-5-3-4-18(14-19)25-23(30)27-12-13-32-21(15-27)16-6-8-17(24)9-7-16/h3-11,14,21H,2,12-13,15H2,1H3,(H,25,30)/t21-/m1/s1. The van der Waals surface area contributed by atoms with Crippen molar-refractivity contribution in [3.05, 3.63) is 77.9 Å². The Balaban J connectivity index is 1.42. The Bertz CT molecular complexity index is 1100. The van der Waals surface area contributed by atoms with Gasteiger partial charge in [0.05, 0.1) is 25.4 Å². The second-order valence-corrected chi connectivity index (χ2v) is 7.20. The highest BCUT2D eigenvalue weighted by Crippen LogP contribution is 2.23. The predicted molar refractivity (Wildman–Crippen MR) is 115 cm³/mol. The number of nitrogens with zero attached hydrogens (tertiary/aromatic N) is 3. The number of esters is 1. The van der Waals surface area contributed by atoms with Crippen LogP contribution >= 0.6 is 0 Å². The molecule has 0 spiro atoms. The number of aromatic nitrogens is 2. The van der Waals surface area contributed by atoms with Crippen molar-refractivity contribution >= 4 is 17.7 Å². The van der Waals surface area contributed by atoms with Crippen LogP contribution in [0.5, 0.6) is 0 Å². The number of halogens is 1. The van der Waals surface area contributed by atoms with Gasteiger partial charge in [0.25, 0.3) is 0 Å². The van der Waals surface area contributed by atoms with Gasteiger partial charge in [-0.2, -0.15) is 5.10 Å². The third kappa shape index (κ3) is 4.94. The molecular formula is C23H23FN4O4. The molecule has 0 radical (unpaired) electrons. The molecule has 0 unspecified atom stereocenters. The van der Waals surface area contributed by atoms with E-state index in [2.05, 4.69) is 10.4 Å². The van der Waals surface area contributed by atoms with Crippen molar-refractivity contribution in [2.24, 2.45) is 0 Å². The molecule has 32 heavy (non-hydrogen) atoms. The Hall–Kier alpha value is -3.72. The Kier molecular flexibility index (Phi) is 6.46. The van der Waals surface area contributed by atoms with Gasteiger partial charge in [-0.15, -0.1) is 0 Å². The number of morpholine rings is 1. The van der Waals surface area contributed by atoms with Crippen molar-refractivity contribution in [1.82, 2.24) is 14.7 Å². The Morgan fingerprint density at radius 3 is 2.81 bits per heavy atom. The lowest BCUT2D eigenvalue weighted by Crippen LogP contribution is -2.44. The van der Waals surface area contributed by atoms with Gasteiger partial charge >= 0.3 is 12.0 Å². The summed E-state index contributed by atoms with van der Waals surface area (Å²) in [4.78, 5) is 26.3. The maximum atomic E-state index is 13.2. The van der Waals surface area contributed by atoms with Crippen molar-refractivity contribution in [1.29, 1.82) is 0 Å². The van der Waals surface area contributed by atoms with E-state index >= 15 is 0 Å². The van der Waals surface area contributed by atoms with Crippen LogP contribution in [-0.4, -0.2) is 53.0 Å². The normalized spacial score (nSPS) is 15.9. The summed E-state index contributed by atoms with van der Waals surface area (Å²) in [5, 5.41) is 7.13. The molecule has 1 aliphatic rings. The first kappa shape index (κ1) is 21.5. The van der Waals surface area contributed by atoms with Crippen LogP contribution in [-0.2, 0) is 9.47 Å². The van der Waals surface area contributed by atoms with Crippen LogP contribution in [0.1, 0.15) is 29.1 Å². The van der Waals surface area contributed by atoms with E-state index in [1.165, 1.54) is 12.1 Å². The highest BCUT2D eigenvalue weighted by Gasteiger charge is 2.25. The number of benzene rings is 2. The van der Waals surface area contributed by atoms with E-state index in [1.54, 1.807) is 59.1 Å². The summed E-state index contributed by atoms with van der Waals surface area (Å²) in [6.45, 7) is 3.21. The molecule has 1 N–H and O–H groups in total. The van der Waals surface area contributed by atoms with Gasteiger partial charge in [0.1, 0.15) is 11.9 Å². The summed E-state index contributed by atoms with van der Waals surface area (Å²) in [6, 6.07) is 14.6. The minimum atomic E-state index is -0.487. The topological polar surface area (TPSA) is 85.7 Å². The number of carbonyl (C=O) groups excluding carboxylic acids is 2. The van der Waals surface area contributed by atoms with Gasteiger partial charge in [-0.3, -0.25) is 0 Å². The summed E-state index contributed by atoms with van der Waals surface area (Å²) in [7, 11) is 0. The van der Waals surface area contributed by atoms with Crippen LogP contribution < -0.4 is 5.32 Å². The molecule has 9 heteroatoms. The summed E-state index contributed by atoms with van der Waals surface area (Å²) in [6.07, 6.45) is 1.34. The first-order valence-electron chi connectivity index (χ1n) is 10.3. The maximum Gasteiger partial charge on any atom is 0.358 e. The van der Waals surface area contributed by atoms with Gasteiger partial charge in [-0.05, 0) is 48.9 Å². The fourth-order valence-corrected chi connectivity index (χ4v) is 3.42. The lowest BCUT2D eigenvalue weighted by molar-refractivity contribution is -0.0135. The molecule has 1 saturated heterocycles. The lowest BCUT2D eigenvalue weighted by atomic mass is 10.1. The molecule has 2 amide bonds. The van der Waals surface area contributed by atoms with Gasteiger partial charge in [0, 0.05) is 18.4 Å². The van der Waals surface area contributed by atoms with Crippen LogP contribution in [0.25, 0.3) is 5.69 Å². The SMILES string of the molecule is CCOC(=O)c1ccn(-c2cccc(NC(=O)N3CCO[C@@H](c4ccc(F)cc4)C3)c2)n1. The number of ether oxygens (including phenoxy) is 2. The van der Waals surface area contributed by atoms with E-state index in [0.29, 0.717) is 31.1 Å². The van der Waals surface area contributed by atoms with Crippen molar-refractivity contribution < 1.29 is 23.5 Å². The smallest absolute Gasteiger partial charge is 0.358 e. The van der Waals surface area contributed by atoms with Crippen LogP contribution in [0.4, 0.5) is 14.9 Å². The number of anilines is 1. The third-order valence-corrected chi connectivity index (χ3v) is 5.03. The molecular weight excluding hydrogens is 415 g/mol. The number of urea groups is 1. The number of amides is 2. The van der Waals surface area contributed by atoms with Gasteiger partial charge in [-0.25, -0.2) is 18.7 Å². The van der Waals surface area contributed by atoms with E-state index in [0.717, 1.165) is 5.56 Å². The van der Waals surface area contributed by atoms with Gasteiger partial charge in [0.15, 0.2) is 5.69 Å². The van der Waals surface area contributed by atoms with Crippen molar-refractivity contribution in [2.45, 2.75) is 13.0 Å². The molecule has 1 fully saturated rings. The number of nitrogens with one attached hydrogen (secondary N) is 1. The quantitative estimate of drug-likeness (QED) is 0.613. The molecule has 2 aromatic carbocycles. The first-order chi connectivity index (χ1) is 15.5. The van der Waals surface area contributed by atoms with Crippen LogP contribution in [0.15, 0.2) is 60.8 Å². The number of hydrogen-bond donors (Lipinski definition) is 1. The fraction of sp³-hybridized carbons (Fsp3) is 0.261. The molecule has 1 atom stereocenters. The van der Waals surface area contributed by atoms with Crippen LogP contribution in [0.2, 0.25) is 0 Å². The van der Waals surface area contributed by atoms with Gasteiger partial charge < -0.3 is 19.7 Å². The average molecular weight is 438 g/mol. The molecule has 1 aliphatic heterocycles. The van der Waals surface area contributed by atoms with Crippen molar-refractivity contribution in [3.63, 3.8) is 0 Å². The average Bonchev–Trinajstić information content (AvgIpc) is 3.31. The van der Waals surface area contributed by atoms with Gasteiger partial charge in [-0.1, -0.05) is 18.2 Å². The van der Waals surface area contributed by atoms with Gasteiger partial charge in [0.2, 0.25) is 0 Å². The minimum Gasteiger partial charge on any atom is -0.461 e. The van der Waals surface area contributed by atoms with Crippen molar-refractivity contribution in [2.75, 3.05) is 31.6 Å². The highest BCUT2D eigenvalue weighted by atomic mass is 19.1. The molecule has 0 bridgehead atoms. The highest BCUT2D eigenvalue weighted by molar-refractivity contribution is 5.90. The number of hydrogen-bond acceptors (Lipinski definition) is 5. The van der Waals surface area contributed by atoms with E-state index in [1.807, 2.05) is 6.07 Å². The zero-order chi connectivity index (χ0) is 22.5. The second-order valence-electron chi connectivity index (χ2n) is 7.20. The molecule has 8 nitrogen and oxygen atoms in total. The summed E-state index contributed by atoms with van der Waals surface area (Å²) in [5.74, 6) is -0.802. The molecule has 3 aromatic rings. The molecule has 2 heterocycles. The summed E-state index contributed by atoms with van der Waals surface area (Å²) in [5.41, 5.74) is 2.30. The predicted octanol–water partition coefficient (Wildman–Crippen LogP) is 3.79. The zero-order valence-corrected chi connectivity index (χ0v) is 17.5.